The Labute approximate surface area is 120 Å². The van der Waals surface area contributed by atoms with Gasteiger partial charge in [0.05, 0.1) is 12.1 Å². The first kappa shape index (κ1) is 14.7. The highest BCUT2D eigenvalue weighted by Gasteiger charge is 2.31. The molecule has 106 valence electrons. The summed E-state index contributed by atoms with van der Waals surface area (Å²) in [6.07, 6.45) is 3.01. The molecule has 0 N–H and O–H groups in total. The molecule has 2 saturated heterocycles. The van der Waals surface area contributed by atoms with Crippen LogP contribution in [0.25, 0.3) is 0 Å². The lowest BCUT2D eigenvalue weighted by Gasteiger charge is -2.37. The molecule has 1 amide bonds. The monoisotopic (exact) mass is 281 g/mol. The number of carbonyl (C=O) groups excluding carboxylic acids is 1. The molecule has 2 unspecified atom stereocenters. The Morgan fingerprint density at radius 2 is 2.16 bits per heavy atom. The van der Waals surface area contributed by atoms with E-state index in [0.29, 0.717) is 5.91 Å². The van der Waals surface area contributed by atoms with Crippen LogP contribution >= 0.6 is 11.8 Å². The van der Waals surface area contributed by atoms with Gasteiger partial charge in [-0.2, -0.15) is 17.0 Å². The van der Waals surface area contributed by atoms with E-state index >= 15 is 0 Å². The topological polar surface area (TPSA) is 47.3 Å². The molecular formula is C14H23N3OS. The van der Waals surface area contributed by atoms with Gasteiger partial charge in [0.1, 0.15) is 0 Å². The van der Waals surface area contributed by atoms with Gasteiger partial charge in [-0.3, -0.25) is 9.69 Å². The van der Waals surface area contributed by atoms with Crippen molar-refractivity contribution in [2.75, 3.05) is 37.7 Å². The van der Waals surface area contributed by atoms with E-state index in [1.54, 1.807) is 0 Å². The van der Waals surface area contributed by atoms with E-state index in [4.69, 9.17) is 0 Å². The molecule has 0 aromatic carbocycles. The number of nitriles is 1. The molecule has 2 atom stereocenters. The second-order valence-corrected chi connectivity index (χ2v) is 6.51. The first-order chi connectivity index (χ1) is 9.26. The van der Waals surface area contributed by atoms with Crippen molar-refractivity contribution in [1.29, 1.82) is 5.26 Å². The van der Waals surface area contributed by atoms with Crippen molar-refractivity contribution in [2.45, 2.75) is 32.2 Å². The molecule has 2 heterocycles. The van der Waals surface area contributed by atoms with E-state index in [1.165, 1.54) is 0 Å². The van der Waals surface area contributed by atoms with Gasteiger partial charge >= 0.3 is 0 Å². The van der Waals surface area contributed by atoms with Crippen molar-refractivity contribution in [2.24, 2.45) is 5.92 Å². The lowest BCUT2D eigenvalue weighted by atomic mass is 10.1. The summed E-state index contributed by atoms with van der Waals surface area (Å²) in [5, 5.41) is 9.18. The molecule has 0 spiro atoms. The van der Waals surface area contributed by atoms with Crippen molar-refractivity contribution in [3.8, 4) is 6.07 Å². The fraction of sp³-hybridized carbons (Fsp3) is 0.857. The van der Waals surface area contributed by atoms with E-state index < -0.39 is 0 Å². The van der Waals surface area contributed by atoms with Gasteiger partial charge in [-0.05, 0) is 18.6 Å². The zero-order valence-corrected chi connectivity index (χ0v) is 12.5. The number of hydrogen-bond donors (Lipinski definition) is 0. The van der Waals surface area contributed by atoms with Gasteiger partial charge in [-0.25, -0.2) is 0 Å². The number of hydrogen-bond acceptors (Lipinski definition) is 4. The summed E-state index contributed by atoms with van der Waals surface area (Å²) in [4.78, 5) is 16.5. The average Bonchev–Trinajstić information content (AvgIpc) is 2.98. The fourth-order valence-electron chi connectivity index (χ4n) is 2.84. The third-order valence-electron chi connectivity index (χ3n) is 4.06. The molecule has 0 bridgehead atoms. The van der Waals surface area contributed by atoms with Gasteiger partial charge in [0.15, 0.2) is 0 Å². The van der Waals surface area contributed by atoms with Crippen molar-refractivity contribution < 1.29 is 4.79 Å². The first-order valence-corrected chi connectivity index (χ1v) is 8.42. The summed E-state index contributed by atoms with van der Waals surface area (Å²) in [5.41, 5.74) is 0. The lowest BCUT2D eigenvalue weighted by Crippen LogP contribution is -2.52. The van der Waals surface area contributed by atoms with Gasteiger partial charge in [0, 0.05) is 37.8 Å². The molecule has 0 radical (unpaired) electrons. The van der Waals surface area contributed by atoms with Crippen LogP contribution in [0.3, 0.4) is 0 Å². The number of amides is 1. The summed E-state index contributed by atoms with van der Waals surface area (Å²) in [7, 11) is 0. The van der Waals surface area contributed by atoms with Crippen LogP contribution in [0, 0.1) is 17.2 Å². The third-order valence-corrected chi connectivity index (χ3v) is 5.22. The summed E-state index contributed by atoms with van der Waals surface area (Å²) in [6, 6.07) is 2.42. The van der Waals surface area contributed by atoms with Crippen LogP contribution in [-0.2, 0) is 4.79 Å². The maximum atomic E-state index is 12.3. The van der Waals surface area contributed by atoms with Gasteiger partial charge in [-0.1, -0.05) is 13.3 Å². The molecular weight excluding hydrogens is 258 g/mol. The minimum Gasteiger partial charge on any atom is -0.340 e. The van der Waals surface area contributed by atoms with Crippen LogP contribution in [0.5, 0.6) is 0 Å². The summed E-state index contributed by atoms with van der Waals surface area (Å²) >= 11 is 1.89. The molecule has 2 aliphatic heterocycles. The largest absolute Gasteiger partial charge is 0.340 e. The van der Waals surface area contributed by atoms with Gasteiger partial charge in [0.2, 0.25) is 5.91 Å². The van der Waals surface area contributed by atoms with Gasteiger partial charge in [0.25, 0.3) is 0 Å². The summed E-state index contributed by atoms with van der Waals surface area (Å²) < 4.78 is 0. The van der Waals surface area contributed by atoms with Gasteiger partial charge < -0.3 is 4.90 Å². The molecule has 0 aliphatic carbocycles. The van der Waals surface area contributed by atoms with E-state index in [1.807, 2.05) is 16.7 Å². The van der Waals surface area contributed by atoms with E-state index in [-0.39, 0.29) is 12.0 Å². The molecule has 0 aromatic heterocycles. The predicted octanol–water partition coefficient (Wildman–Crippen LogP) is 1.58. The Balaban J connectivity index is 1.81. The minimum absolute atomic E-state index is 0.0317. The second kappa shape index (κ2) is 7.16. The van der Waals surface area contributed by atoms with Crippen molar-refractivity contribution in [1.82, 2.24) is 9.80 Å². The molecule has 4 nitrogen and oxygen atoms in total. The van der Waals surface area contributed by atoms with Crippen LogP contribution in [-0.4, -0.2) is 59.4 Å². The van der Waals surface area contributed by atoms with Crippen LogP contribution in [0.2, 0.25) is 0 Å². The predicted molar refractivity (Wildman–Crippen MR) is 77.9 cm³/mol. The lowest BCUT2D eigenvalue weighted by molar-refractivity contribution is -0.136. The third kappa shape index (κ3) is 3.64. The Hall–Kier alpha value is -0.730. The molecule has 2 aliphatic rings. The zero-order chi connectivity index (χ0) is 13.7. The smallest absolute Gasteiger partial charge is 0.226 e. The number of nitrogens with zero attached hydrogens (tertiary/aromatic N) is 3. The Morgan fingerprint density at radius 1 is 1.42 bits per heavy atom. The SMILES string of the molecule is CCCC(C#N)N1CCN(C(=O)C2CCSC2)CC1. The standard InChI is InChI=1S/C14H23N3OS/c1-2-3-13(10-15)16-5-7-17(8-6-16)14(18)12-4-9-19-11-12/h12-13H,2-9,11H2,1H3. The highest BCUT2D eigenvalue weighted by atomic mass is 32.2. The first-order valence-electron chi connectivity index (χ1n) is 7.26. The number of carbonyl (C=O) groups is 1. The second-order valence-electron chi connectivity index (χ2n) is 5.36. The summed E-state index contributed by atoms with van der Waals surface area (Å²) in [5.74, 6) is 2.71. The molecule has 0 aromatic rings. The summed E-state index contributed by atoms with van der Waals surface area (Å²) in [6.45, 7) is 5.40. The Morgan fingerprint density at radius 3 is 2.68 bits per heavy atom. The Kier molecular flexibility index (Phi) is 5.53. The molecule has 2 rings (SSSR count). The Bertz CT molecular complexity index is 341. The van der Waals surface area contributed by atoms with Crippen molar-refractivity contribution in [3.05, 3.63) is 0 Å². The average molecular weight is 281 g/mol. The molecule has 5 heteroatoms. The van der Waals surface area contributed by atoms with E-state index in [9.17, 15) is 10.1 Å². The van der Waals surface area contributed by atoms with Crippen LogP contribution in [0.4, 0.5) is 0 Å². The van der Waals surface area contributed by atoms with Crippen LogP contribution < -0.4 is 0 Å². The fourth-order valence-corrected chi connectivity index (χ4v) is 4.06. The number of thioether (sulfide) groups is 1. The highest BCUT2D eigenvalue weighted by molar-refractivity contribution is 7.99. The van der Waals surface area contributed by atoms with Crippen LogP contribution in [0.15, 0.2) is 0 Å². The molecule has 0 saturated carbocycles. The zero-order valence-electron chi connectivity index (χ0n) is 11.7. The number of rotatable bonds is 4. The van der Waals surface area contributed by atoms with Crippen molar-refractivity contribution >= 4 is 17.7 Å². The normalized spacial score (nSPS) is 26.1. The van der Waals surface area contributed by atoms with E-state index in [0.717, 1.165) is 56.9 Å². The minimum atomic E-state index is 0.0317. The maximum absolute atomic E-state index is 12.3. The maximum Gasteiger partial charge on any atom is 0.226 e. The highest BCUT2D eigenvalue weighted by Crippen LogP contribution is 2.25. The van der Waals surface area contributed by atoms with Crippen molar-refractivity contribution in [3.63, 3.8) is 0 Å². The quantitative estimate of drug-likeness (QED) is 0.785. The van der Waals surface area contributed by atoms with Gasteiger partial charge in [-0.15, -0.1) is 0 Å². The molecule has 19 heavy (non-hydrogen) atoms. The van der Waals surface area contributed by atoms with Crippen LogP contribution in [0.1, 0.15) is 26.2 Å². The molecule has 2 fully saturated rings. The number of piperazine rings is 1. The van der Waals surface area contributed by atoms with E-state index in [2.05, 4.69) is 17.9 Å².